The smallest absolute Gasteiger partial charge is 0.228 e. The minimum Gasteiger partial charge on any atom is -0.378 e. The van der Waals surface area contributed by atoms with Crippen molar-refractivity contribution < 1.29 is 19.1 Å². The molecule has 4 rings (SSSR count). The zero-order valence-corrected chi connectivity index (χ0v) is 17.4. The topological polar surface area (TPSA) is 66.9 Å². The molecule has 0 unspecified atom stereocenters. The molecule has 1 fully saturated rings. The van der Waals surface area contributed by atoms with Gasteiger partial charge in [-0.15, -0.1) is 0 Å². The van der Waals surface area contributed by atoms with E-state index < -0.39 is 0 Å². The lowest BCUT2D eigenvalue weighted by Crippen LogP contribution is -2.45. The van der Waals surface area contributed by atoms with Crippen molar-refractivity contribution in [1.29, 1.82) is 0 Å². The summed E-state index contributed by atoms with van der Waals surface area (Å²) in [6.07, 6.45) is 0. The Labute approximate surface area is 176 Å². The molecule has 0 spiro atoms. The molecule has 0 radical (unpaired) electrons. The molecule has 0 bridgehead atoms. The largest absolute Gasteiger partial charge is 0.378 e. The van der Waals surface area contributed by atoms with Crippen LogP contribution in [0.15, 0.2) is 64.4 Å². The van der Waals surface area contributed by atoms with Gasteiger partial charge in [0.25, 0.3) is 0 Å². The standard InChI is InChI=1S/C22H19BrN2O4/c1-14(26)25(16-8-6-15(23)7-9-16)20-19(24-10-12-29-13-11-24)21(27)17-4-2-3-5-18(17)22(20)28/h2-9H,10-13H2,1H3. The van der Waals surface area contributed by atoms with E-state index in [-0.39, 0.29) is 28.9 Å². The van der Waals surface area contributed by atoms with Gasteiger partial charge in [0.05, 0.1) is 13.2 Å². The molecule has 0 atom stereocenters. The van der Waals surface area contributed by atoms with Crippen LogP contribution in [0.4, 0.5) is 5.69 Å². The predicted octanol–water partition coefficient (Wildman–Crippen LogP) is 3.43. The molecule has 1 heterocycles. The zero-order chi connectivity index (χ0) is 20.5. The van der Waals surface area contributed by atoms with Crippen molar-refractivity contribution in [2.75, 3.05) is 31.2 Å². The summed E-state index contributed by atoms with van der Waals surface area (Å²) in [5.41, 5.74) is 1.57. The molecular weight excluding hydrogens is 436 g/mol. The first-order valence-electron chi connectivity index (χ1n) is 9.30. The predicted molar refractivity (Wildman–Crippen MR) is 112 cm³/mol. The lowest BCUT2D eigenvalue weighted by atomic mass is 9.88. The minimum absolute atomic E-state index is 0.102. The number of Topliss-reactive ketones (excluding diaryl/α,β-unsaturated/α-hetero) is 2. The summed E-state index contributed by atoms with van der Waals surface area (Å²) in [4.78, 5) is 42.9. The molecule has 0 saturated carbocycles. The molecular formula is C22H19BrN2O4. The minimum atomic E-state index is -0.339. The number of carbonyl (C=O) groups is 3. The molecule has 29 heavy (non-hydrogen) atoms. The first-order chi connectivity index (χ1) is 14.0. The summed E-state index contributed by atoms with van der Waals surface area (Å²) >= 11 is 3.39. The van der Waals surface area contributed by atoms with Crippen molar-refractivity contribution in [3.63, 3.8) is 0 Å². The molecule has 7 heteroatoms. The number of halogens is 1. The Morgan fingerprint density at radius 2 is 1.55 bits per heavy atom. The number of hydrogen-bond acceptors (Lipinski definition) is 5. The zero-order valence-electron chi connectivity index (χ0n) is 15.9. The summed E-state index contributed by atoms with van der Waals surface area (Å²) in [6, 6.07) is 13.8. The molecule has 2 aliphatic rings. The van der Waals surface area contributed by atoms with E-state index in [0.29, 0.717) is 43.1 Å². The van der Waals surface area contributed by atoms with Gasteiger partial charge in [-0.3, -0.25) is 19.3 Å². The van der Waals surface area contributed by atoms with Gasteiger partial charge in [0.1, 0.15) is 11.4 Å². The van der Waals surface area contributed by atoms with E-state index in [2.05, 4.69) is 15.9 Å². The molecule has 0 N–H and O–H groups in total. The second-order valence-electron chi connectivity index (χ2n) is 6.83. The summed E-state index contributed by atoms with van der Waals surface area (Å²) in [5.74, 6) is -0.922. The third kappa shape index (κ3) is 3.52. The van der Waals surface area contributed by atoms with E-state index in [9.17, 15) is 14.4 Å². The number of hydrogen-bond donors (Lipinski definition) is 0. The van der Waals surface area contributed by atoms with Gasteiger partial charge in [-0.2, -0.15) is 0 Å². The van der Waals surface area contributed by atoms with Gasteiger partial charge in [0.15, 0.2) is 0 Å². The van der Waals surface area contributed by atoms with Crippen LogP contribution < -0.4 is 4.90 Å². The highest BCUT2D eigenvalue weighted by Gasteiger charge is 2.39. The Morgan fingerprint density at radius 1 is 0.966 bits per heavy atom. The van der Waals surface area contributed by atoms with Crippen LogP contribution in [0, 0.1) is 0 Å². The normalized spacial score (nSPS) is 16.7. The Kier molecular flexibility index (Phi) is 5.34. The number of benzene rings is 2. The van der Waals surface area contributed by atoms with Crippen molar-refractivity contribution in [1.82, 2.24) is 4.90 Å². The summed E-state index contributed by atoms with van der Waals surface area (Å²) in [6.45, 7) is 3.26. The van der Waals surface area contributed by atoms with Crippen molar-refractivity contribution in [2.24, 2.45) is 0 Å². The Hall–Kier alpha value is -2.77. The SMILES string of the molecule is CC(=O)N(C1=C(N2CCOCC2)C(=O)c2ccccc2C1=O)c1ccc(Br)cc1. The molecule has 1 saturated heterocycles. The Morgan fingerprint density at radius 3 is 2.14 bits per heavy atom. The number of fused-ring (bicyclic) bond motifs is 1. The molecule has 6 nitrogen and oxygen atoms in total. The highest BCUT2D eigenvalue weighted by atomic mass is 79.9. The lowest BCUT2D eigenvalue weighted by molar-refractivity contribution is -0.116. The Bertz CT molecular complexity index is 1020. The first-order valence-corrected chi connectivity index (χ1v) is 10.1. The number of ether oxygens (including phenoxy) is 1. The third-order valence-corrected chi connectivity index (χ3v) is 5.55. The highest BCUT2D eigenvalue weighted by molar-refractivity contribution is 9.10. The van der Waals surface area contributed by atoms with Crippen LogP contribution in [0.2, 0.25) is 0 Å². The fourth-order valence-electron chi connectivity index (χ4n) is 3.70. The number of nitrogens with zero attached hydrogens (tertiary/aromatic N) is 2. The van der Waals surface area contributed by atoms with Crippen LogP contribution in [0.5, 0.6) is 0 Å². The summed E-state index contributed by atoms with van der Waals surface area (Å²) < 4.78 is 6.27. The van der Waals surface area contributed by atoms with Crippen molar-refractivity contribution in [2.45, 2.75) is 6.92 Å². The number of carbonyl (C=O) groups excluding carboxylic acids is 3. The van der Waals surface area contributed by atoms with E-state index >= 15 is 0 Å². The van der Waals surface area contributed by atoms with Gasteiger partial charge in [0.2, 0.25) is 17.5 Å². The Balaban J connectivity index is 1.95. The number of ketones is 2. The fraction of sp³-hybridized carbons (Fsp3) is 0.227. The maximum atomic E-state index is 13.5. The monoisotopic (exact) mass is 454 g/mol. The summed E-state index contributed by atoms with van der Waals surface area (Å²) in [7, 11) is 0. The molecule has 0 aromatic heterocycles. The summed E-state index contributed by atoms with van der Waals surface area (Å²) in [5, 5.41) is 0. The molecule has 1 amide bonds. The molecule has 2 aromatic rings. The second kappa shape index (κ2) is 7.93. The number of amides is 1. The van der Waals surface area contributed by atoms with Crippen LogP contribution in [-0.2, 0) is 9.53 Å². The van der Waals surface area contributed by atoms with Gasteiger partial charge < -0.3 is 9.64 Å². The van der Waals surface area contributed by atoms with Gasteiger partial charge in [-0.1, -0.05) is 40.2 Å². The molecule has 2 aromatic carbocycles. The van der Waals surface area contributed by atoms with E-state index in [1.807, 2.05) is 4.90 Å². The first kappa shape index (κ1) is 19.5. The van der Waals surface area contributed by atoms with Crippen LogP contribution in [0.25, 0.3) is 0 Å². The van der Waals surface area contributed by atoms with Crippen molar-refractivity contribution in [3.8, 4) is 0 Å². The number of morpholine rings is 1. The number of rotatable bonds is 3. The van der Waals surface area contributed by atoms with Crippen molar-refractivity contribution >= 4 is 39.1 Å². The fourth-order valence-corrected chi connectivity index (χ4v) is 3.96. The van der Waals surface area contributed by atoms with Gasteiger partial charge in [-0.05, 0) is 24.3 Å². The van der Waals surface area contributed by atoms with E-state index in [1.54, 1.807) is 48.5 Å². The number of allylic oxidation sites excluding steroid dienone is 2. The average molecular weight is 455 g/mol. The third-order valence-electron chi connectivity index (χ3n) is 5.02. The van der Waals surface area contributed by atoms with Gasteiger partial charge in [0, 0.05) is 41.3 Å². The van der Waals surface area contributed by atoms with Crippen LogP contribution in [0.1, 0.15) is 27.6 Å². The van der Waals surface area contributed by atoms with E-state index in [4.69, 9.17) is 4.74 Å². The molecule has 148 valence electrons. The quantitative estimate of drug-likeness (QED) is 0.710. The molecule has 1 aliphatic carbocycles. The maximum Gasteiger partial charge on any atom is 0.228 e. The highest BCUT2D eigenvalue weighted by Crippen LogP contribution is 2.34. The lowest BCUT2D eigenvalue weighted by Gasteiger charge is -2.36. The van der Waals surface area contributed by atoms with E-state index in [1.165, 1.54) is 11.8 Å². The van der Waals surface area contributed by atoms with Gasteiger partial charge >= 0.3 is 0 Å². The van der Waals surface area contributed by atoms with Crippen LogP contribution >= 0.6 is 15.9 Å². The van der Waals surface area contributed by atoms with Crippen LogP contribution in [0.3, 0.4) is 0 Å². The second-order valence-corrected chi connectivity index (χ2v) is 7.75. The van der Waals surface area contributed by atoms with Crippen molar-refractivity contribution in [3.05, 3.63) is 75.5 Å². The molecule has 1 aliphatic heterocycles. The maximum absolute atomic E-state index is 13.5. The van der Waals surface area contributed by atoms with E-state index in [0.717, 1.165) is 4.47 Å². The number of anilines is 1. The van der Waals surface area contributed by atoms with Gasteiger partial charge in [-0.25, -0.2) is 0 Å². The average Bonchev–Trinajstić information content (AvgIpc) is 2.73. The van der Waals surface area contributed by atoms with Crippen LogP contribution in [-0.4, -0.2) is 48.7 Å².